The lowest BCUT2D eigenvalue weighted by Gasteiger charge is -2.25. The van der Waals surface area contributed by atoms with Crippen molar-refractivity contribution in [3.63, 3.8) is 0 Å². The van der Waals surface area contributed by atoms with E-state index >= 15 is 0 Å². The van der Waals surface area contributed by atoms with Crippen LogP contribution in [0.3, 0.4) is 0 Å². The van der Waals surface area contributed by atoms with Gasteiger partial charge in [-0.1, -0.05) is 64.6 Å². The number of thioether (sulfide) groups is 1. The molecule has 1 N–H and O–H groups in total. The number of halogens is 4. The normalized spacial score (nSPS) is 17.2. The molecule has 1 atom stereocenters. The number of benzene rings is 2. The first-order valence-electron chi connectivity index (χ1n) is 7.06. The summed E-state index contributed by atoms with van der Waals surface area (Å²) in [5, 5.41) is 4.29. The highest BCUT2D eigenvalue weighted by molar-refractivity contribution is 7.99. The molecule has 1 unspecified atom stereocenters. The topological polar surface area (TPSA) is 32.3 Å². The van der Waals surface area contributed by atoms with Gasteiger partial charge in [0.2, 0.25) is 0 Å². The van der Waals surface area contributed by atoms with Gasteiger partial charge in [-0.15, -0.1) is 11.8 Å². The molecule has 126 valence electrons. The van der Waals surface area contributed by atoms with E-state index in [0.717, 1.165) is 11.3 Å². The Morgan fingerprint density at radius 2 is 1.67 bits per heavy atom. The van der Waals surface area contributed by atoms with Crippen molar-refractivity contribution < 1.29 is 4.79 Å². The zero-order valence-electron chi connectivity index (χ0n) is 12.2. The summed E-state index contributed by atoms with van der Waals surface area (Å²) in [6, 6.07) is 10.2. The second-order valence-electron chi connectivity index (χ2n) is 5.09. The molecule has 2 aromatic carbocycles. The number of carbonyl (C=O) groups excluding carboxylic acids is 1. The van der Waals surface area contributed by atoms with E-state index in [4.69, 9.17) is 46.4 Å². The van der Waals surface area contributed by atoms with Crippen LogP contribution in [-0.2, 0) is 0 Å². The maximum Gasteiger partial charge on any atom is 0.323 e. The number of urea groups is 1. The van der Waals surface area contributed by atoms with Crippen molar-refractivity contribution in [2.24, 2.45) is 0 Å². The highest BCUT2D eigenvalue weighted by atomic mass is 35.5. The number of hydrogen-bond donors (Lipinski definition) is 1. The molecule has 0 aliphatic carbocycles. The molecule has 0 saturated carbocycles. The van der Waals surface area contributed by atoms with Crippen LogP contribution in [0.1, 0.15) is 10.9 Å². The van der Waals surface area contributed by atoms with E-state index in [2.05, 4.69) is 5.32 Å². The minimum Gasteiger partial charge on any atom is -0.308 e. The molecular weight excluding hydrogens is 410 g/mol. The fourth-order valence-corrected chi connectivity index (χ4v) is 4.69. The summed E-state index contributed by atoms with van der Waals surface area (Å²) in [7, 11) is 0. The van der Waals surface area contributed by atoms with Gasteiger partial charge in [0.05, 0.1) is 25.8 Å². The molecule has 24 heavy (non-hydrogen) atoms. The van der Waals surface area contributed by atoms with Crippen LogP contribution in [0.15, 0.2) is 36.4 Å². The first kappa shape index (κ1) is 18.0. The maximum absolute atomic E-state index is 12.7. The summed E-state index contributed by atoms with van der Waals surface area (Å²) in [6.07, 6.45) is 0. The molecule has 1 heterocycles. The van der Waals surface area contributed by atoms with Crippen molar-refractivity contribution in [3.8, 4) is 0 Å². The van der Waals surface area contributed by atoms with Crippen LogP contribution in [0.5, 0.6) is 0 Å². The quantitative estimate of drug-likeness (QED) is 0.593. The largest absolute Gasteiger partial charge is 0.323 e. The molecule has 2 aromatic rings. The molecule has 3 nitrogen and oxygen atoms in total. The number of rotatable bonds is 2. The van der Waals surface area contributed by atoms with Gasteiger partial charge in [-0.05, 0) is 18.2 Å². The lowest BCUT2D eigenvalue weighted by molar-refractivity contribution is 0.214. The molecule has 0 radical (unpaired) electrons. The van der Waals surface area contributed by atoms with E-state index in [9.17, 15) is 4.79 Å². The van der Waals surface area contributed by atoms with E-state index < -0.39 is 0 Å². The molecule has 1 aliphatic heterocycles. The fourth-order valence-electron chi connectivity index (χ4n) is 2.44. The Morgan fingerprint density at radius 3 is 2.38 bits per heavy atom. The number of anilines is 1. The highest BCUT2D eigenvalue weighted by Gasteiger charge is 2.33. The van der Waals surface area contributed by atoms with Crippen LogP contribution in [-0.4, -0.2) is 23.2 Å². The Balaban J connectivity index is 1.85. The zero-order chi connectivity index (χ0) is 17.3. The minimum atomic E-state index is -0.281. The van der Waals surface area contributed by atoms with Crippen LogP contribution in [0.25, 0.3) is 0 Å². The van der Waals surface area contributed by atoms with Gasteiger partial charge in [0, 0.05) is 17.9 Å². The van der Waals surface area contributed by atoms with Crippen LogP contribution in [0, 0.1) is 0 Å². The Bertz CT molecular complexity index is 766. The average Bonchev–Trinajstić information content (AvgIpc) is 3.03. The van der Waals surface area contributed by atoms with Crippen molar-refractivity contribution in [1.29, 1.82) is 0 Å². The molecular formula is C16H12Cl4N2OS. The monoisotopic (exact) mass is 420 g/mol. The first-order chi connectivity index (χ1) is 11.5. The van der Waals surface area contributed by atoms with E-state index in [1.165, 1.54) is 0 Å². The van der Waals surface area contributed by atoms with Crippen molar-refractivity contribution >= 4 is 69.9 Å². The maximum atomic E-state index is 12.7. The summed E-state index contributed by atoms with van der Waals surface area (Å²) in [4.78, 5) is 14.4. The lowest BCUT2D eigenvalue weighted by Crippen LogP contribution is -2.34. The van der Waals surface area contributed by atoms with Gasteiger partial charge in [-0.25, -0.2) is 4.79 Å². The van der Waals surface area contributed by atoms with Crippen LogP contribution in [0.2, 0.25) is 20.1 Å². The molecule has 3 rings (SSSR count). The van der Waals surface area contributed by atoms with Gasteiger partial charge in [-0.3, -0.25) is 0 Å². The predicted molar refractivity (Wildman–Crippen MR) is 104 cm³/mol. The summed E-state index contributed by atoms with van der Waals surface area (Å²) < 4.78 is 0. The van der Waals surface area contributed by atoms with Crippen LogP contribution < -0.4 is 5.32 Å². The van der Waals surface area contributed by atoms with Gasteiger partial charge < -0.3 is 10.2 Å². The number of nitrogens with one attached hydrogen (secondary N) is 1. The van der Waals surface area contributed by atoms with Crippen molar-refractivity contribution in [3.05, 3.63) is 62.1 Å². The summed E-state index contributed by atoms with van der Waals surface area (Å²) in [5.41, 5.74) is 1.21. The fraction of sp³-hybridized carbons (Fsp3) is 0.188. The molecule has 1 saturated heterocycles. The lowest BCUT2D eigenvalue weighted by atomic mass is 10.2. The van der Waals surface area contributed by atoms with Crippen molar-refractivity contribution in [1.82, 2.24) is 4.90 Å². The molecule has 0 aromatic heterocycles. The summed E-state index contributed by atoms with van der Waals surface area (Å²) in [6.45, 7) is 0.589. The van der Waals surface area contributed by atoms with Gasteiger partial charge in [0.1, 0.15) is 5.37 Å². The van der Waals surface area contributed by atoms with Gasteiger partial charge in [0.15, 0.2) is 0 Å². The molecule has 1 aliphatic rings. The smallest absolute Gasteiger partial charge is 0.308 e. The predicted octanol–water partition coefficient (Wildman–Crippen LogP) is 6.58. The SMILES string of the molecule is O=C(Nc1c(Cl)cccc1Cl)N1CCSC1c1cccc(Cl)c1Cl. The third-order valence-electron chi connectivity index (χ3n) is 3.59. The first-order valence-corrected chi connectivity index (χ1v) is 9.62. The van der Waals surface area contributed by atoms with Crippen LogP contribution in [0.4, 0.5) is 10.5 Å². The molecule has 0 bridgehead atoms. The second-order valence-corrected chi connectivity index (χ2v) is 7.87. The van der Waals surface area contributed by atoms with Crippen molar-refractivity contribution in [2.75, 3.05) is 17.6 Å². The summed E-state index contributed by atoms with van der Waals surface area (Å²) in [5.74, 6) is 0.803. The third-order valence-corrected chi connectivity index (χ3v) is 6.30. The van der Waals surface area contributed by atoms with E-state index in [1.807, 2.05) is 12.1 Å². The molecule has 8 heteroatoms. The van der Waals surface area contributed by atoms with E-state index in [1.54, 1.807) is 40.9 Å². The van der Waals surface area contributed by atoms with Gasteiger partial charge in [-0.2, -0.15) is 0 Å². The molecule has 0 spiro atoms. The Morgan fingerprint density at radius 1 is 1.04 bits per heavy atom. The number of nitrogens with zero attached hydrogens (tertiary/aromatic N) is 1. The second kappa shape index (κ2) is 7.63. The highest BCUT2D eigenvalue weighted by Crippen LogP contribution is 2.43. The molecule has 1 fully saturated rings. The number of amides is 2. The summed E-state index contributed by atoms with van der Waals surface area (Å²) >= 11 is 26.3. The third kappa shape index (κ3) is 3.58. The van der Waals surface area contributed by atoms with Gasteiger partial charge >= 0.3 is 6.03 Å². The van der Waals surface area contributed by atoms with Gasteiger partial charge in [0.25, 0.3) is 0 Å². The number of hydrogen-bond acceptors (Lipinski definition) is 2. The van der Waals surface area contributed by atoms with E-state index in [-0.39, 0.29) is 11.4 Å². The Kier molecular flexibility index (Phi) is 5.73. The van der Waals surface area contributed by atoms with E-state index in [0.29, 0.717) is 32.3 Å². The Labute approximate surface area is 164 Å². The Hall–Kier alpha value is -0.780. The van der Waals surface area contributed by atoms with Crippen LogP contribution >= 0.6 is 58.2 Å². The average molecular weight is 422 g/mol. The minimum absolute atomic E-state index is 0.211. The van der Waals surface area contributed by atoms with Crippen molar-refractivity contribution in [2.45, 2.75) is 5.37 Å². The number of carbonyl (C=O) groups is 1. The molecule has 2 amide bonds. The number of para-hydroxylation sites is 1. The zero-order valence-corrected chi connectivity index (χ0v) is 16.1. The standard InChI is InChI=1S/C16H12Cl4N2OS/c17-10-4-1-3-9(13(10)20)15-22(7-8-24-15)16(23)21-14-11(18)5-2-6-12(14)19/h1-6,15H,7-8H2,(H,21,23).